The fourth-order valence-electron chi connectivity index (χ4n) is 1.82. The van der Waals surface area contributed by atoms with Gasteiger partial charge in [-0.15, -0.1) is 0 Å². The van der Waals surface area contributed by atoms with Crippen LogP contribution in [0.25, 0.3) is 0 Å². The van der Waals surface area contributed by atoms with E-state index >= 15 is 0 Å². The van der Waals surface area contributed by atoms with Gasteiger partial charge in [0.2, 0.25) is 0 Å². The summed E-state index contributed by atoms with van der Waals surface area (Å²) in [5.41, 5.74) is 1.22. The molecule has 0 fully saturated rings. The van der Waals surface area contributed by atoms with Crippen molar-refractivity contribution >= 4 is 5.69 Å². The van der Waals surface area contributed by atoms with E-state index in [2.05, 4.69) is 0 Å². The maximum Gasteiger partial charge on any atom is 0.269 e. The topological polar surface area (TPSA) is 76.2 Å². The summed E-state index contributed by atoms with van der Waals surface area (Å²) < 4.78 is 18.7. The number of aryl methyl sites for hydroxylation is 1. The molecular formula is C15H11FN2O3. The Bertz CT molecular complexity index is 738. The molecule has 0 aliphatic rings. The number of ether oxygens (including phenoxy) is 1. The molecule has 0 radical (unpaired) electrons. The minimum Gasteiger partial charge on any atom is -0.489 e. The number of nitro groups is 1. The van der Waals surface area contributed by atoms with Crippen molar-refractivity contribution in [3.63, 3.8) is 0 Å². The molecule has 0 N–H and O–H groups in total. The molecule has 2 aromatic carbocycles. The summed E-state index contributed by atoms with van der Waals surface area (Å²) in [5.74, 6) is -0.0730. The largest absolute Gasteiger partial charge is 0.489 e. The third kappa shape index (κ3) is 3.34. The highest BCUT2D eigenvalue weighted by Crippen LogP contribution is 2.24. The lowest BCUT2D eigenvalue weighted by Gasteiger charge is -2.09. The lowest BCUT2D eigenvalue weighted by molar-refractivity contribution is -0.384. The van der Waals surface area contributed by atoms with Crippen molar-refractivity contribution in [1.82, 2.24) is 0 Å². The molecular weight excluding hydrogens is 275 g/mol. The van der Waals surface area contributed by atoms with Crippen molar-refractivity contribution in [2.75, 3.05) is 0 Å². The summed E-state index contributed by atoms with van der Waals surface area (Å²) in [6.45, 7) is 1.85. The van der Waals surface area contributed by atoms with Crippen LogP contribution in [0.3, 0.4) is 0 Å². The molecule has 106 valence electrons. The smallest absolute Gasteiger partial charge is 0.269 e. The van der Waals surface area contributed by atoms with Crippen LogP contribution in [0, 0.1) is 34.2 Å². The van der Waals surface area contributed by atoms with Crippen LogP contribution < -0.4 is 4.74 Å². The first-order valence-corrected chi connectivity index (χ1v) is 6.07. The molecule has 0 atom stereocenters. The van der Waals surface area contributed by atoms with Crippen molar-refractivity contribution in [3.05, 3.63) is 69.0 Å². The normalized spacial score (nSPS) is 9.95. The molecule has 0 aliphatic heterocycles. The lowest BCUT2D eigenvalue weighted by Crippen LogP contribution is -1.99. The van der Waals surface area contributed by atoms with Crippen molar-refractivity contribution < 1.29 is 14.1 Å². The van der Waals surface area contributed by atoms with Gasteiger partial charge in [-0.3, -0.25) is 10.1 Å². The third-order valence-corrected chi connectivity index (χ3v) is 2.91. The van der Waals surface area contributed by atoms with Gasteiger partial charge < -0.3 is 4.74 Å². The zero-order valence-corrected chi connectivity index (χ0v) is 11.2. The van der Waals surface area contributed by atoms with Crippen molar-refractivity contribution in [2.24, 2.45) is 0 Å². The van der Waals surface area contributed by atoms with Gasteiger partial charge in [0.05, 0.1) is 10.5 Å². The number of halogens is 1. The van der Waals surface area contributed by atoms with Gasteiger partial charge in [-0.2, -0.15) is 5.26 Å². The van der Waals surface area contributed by atoms with Gasteiger partial charge in [0.15, 0.2) is 0 Å². The molecule has 0 heterocycles. The minimum atomic E-state index is -0.576. The monoisotopic (exact) mass is 286 g/mol. The Balaban J connectivity index is 2.13. The van der Waals surface area contributed by atoms with E-state index in [1.807, 2.05) is 0 Å². The van der Waals surface area contributed by atoms with Gasteiger partial charge >= 0.3 is 0 Å². The van der Waals surface area contributed by atoms with Crippen LogP contribution in [-0.4, -0.2) is 4.92 Å². The van der Waals surface area contributed by atoms with Crippen LogP contribution in [0.2, 0.25) is 0 Å². The van der Waals surface area contributed by atoms with Crippen molar-refractivity contribution in [2.45, 2.75) is 13.5 Å². The molecule has 0 unspecified atom stereocenters. The molecule has 2 aromatic rings. The summed E-state index contributed by atoms with van der Waals surface area (Å²) >= 11 is 0. The zero-order valence-electron chi connectivity index (χ0n) is 11.2. The van der Waals surface area contributed by atoms with Gasteiger partial charge in [-0.25, -0.2) is 4.39 Å². The molecule has 2 rings (SSSR count). The number of benzene rings is 2. The Morgan fingerprint density at radius 2 is 2.10 bits per heavy atom. The number of hydrogen-bond acceptors (Lipinski definition) is 4. The predicted molar refractivity (Wildman–Crippen MR) is 73.3 cm³/mol. The van der Waals surface area contributed by atoms with Gasteiger partial charge in [0.1, 0.15) is 24.2 Å². The summed E-state index contributed by atoms with van der Waals surface area (Å²) in [6, 6.07) is 10.2. The maximum absolute atomic E-state index is 13.2. The molecule has 0 bridgehead atoms. The highest BCUT2D eigenvalue weighted by atomic mass is 19.1. The quantitative estimate of drug-likeness (QED) is 0.636. The molecule has 0 spiro atoms. The Morgan fingerprint density at radius 1 is 1.33 bits per heavy atom. The van der Waals surface area contributed by atoms with E-state index in [0.717, 1.165) is 0 Å². The molecule has 5 nitrogen and oxygen atoms in total. The van der Waals surface area contributed by atoms with E-state index in [9.17, 15) is 14.5 Å². The van der Waals surface area contributed by atoms with E-state index in [0.29, 0.717) is 16.9 Å². The molecule has 0 amide bonds. The lowest BCUT2D eigenvalue weighted by atomic mass is 10.1. The fraction of sp³-hybridized carbons (Fsp3) is 0.133. The number of non-ortho nitro benzene ring substituents is 1. The summed E-state index contributed by atoms with van der Waals surface area (Å²) in [6.07, 6.45) is 0. The Morgan fingerprint density at radius 3 is 2.71 bits per heavy atom. The van der Waals surface area contributed by atoms with Gasteiger partial charge in [-0.1, -0.05) is 6.07 Å². The second-order valence-electron chi connectivity index (χ2n) is 4.42. The van der Waals surface area contributed by atoms with Gasteiger partial charge in [0, 0.05) is 12.1 Å². The first kappa shape index (κ1) is 14.5. The zero-order chi connectivity index (χ0) is 15.4. The number of rotatable bonds is 4. The first-order chi connectivity index (χ1) is 10.0. The van der Waals surface area contributed by atoms with Crippen molar-refractivity contribution in [1.29, 1.82) is 5.26 Å². The van der Waals surface area contributed by atoms with E-state index < -0.39 is 10.7 Å². The van der Waals surface area contributed by atoms with Crippen LogP contribution in [0.5, 0.6) is 5.75 Å². The van der Waals surface area contributed by atoms with E-state index in [4.69, 9.17) is 10.00 Å². The Kier molecular flexibility index (Phi) is 4.14. The Labute approximate surface area is 120 Å². The maximum atomic E-state index is 13.2. The van der Waals surface area contributed by atoms with Crippen LogP contribution in [0.15, 0.2) is 36.4 Å². The molecule has 0 saturated carbocycles. The highest BCUT2D eigenvalue weighted by molar-refractivity contribution is 5.43. The van der Waals surface area contributed by atoms with Crippen LogP contribution in [0.4, 0.5) is 10.1 Å². The minimum absolute atomic E-state index is 0.00611. The summed E-state index contributed by atoms with van der Waals surface area (Å²) in [5, 5.41) is 19.4. The van der Waals surface area contributed by atoms with Crippen molar-refractivity contribution in [3.8, 4) is 11.8 Å². The second-order valence-corrected chi connectivity index (χ2v) is 4.42. The summed E-state index contributed by atoms with van der Waals surface area (Å²) in [4.78, 5) is 10.2. The van der Waals surface area contributed by atoms with E-state index in [1.165, 1.54) is 36.4 Å². The van der Waals surface area contributed by atoms with Crippen LogP contribution in [0.1, 0.15) is 16.7 Å². The standard InChI is InChI=1S/C15H11FN2O3/c1-10-6-13(18(19)20)3-5-15(10)21-9-11-2-4-14(16)12(7-11)8-17/h2-7H,9H2,1H3. The molecule has 21 heavy (non-hydrogen) atoms. The van der Waals surface area contributed by atoms with Gasteiger partial charge in [0.25, 0.3) is 5.69 Å². The highest BCUT2D eigenvalue weighted by Gasteiger charge is 2.09. The number of nitriles is 1. The number of nitro benzene ring substituents is 1. The second kappa shape index (κ2) is 6.01. The average molecular weight is 286 g/mol. The van der Waals surface area contributed by atoms with Crippen LogP contribution >= 0.6 is 0 Å². The molecule has 0 aliphatic carbocycles. The fourth-order valence-corrected chi connectivity index (χ4v) is 1.82. The average Bonchev–Trinajstić information content (AvgIpc) is 2.47. The Hall–Kier alpha value is -2.94. The molecule has 0 aromatic heterocycles. The SMILES string of the molecule is Cc1cc([N+](=O)[O-])ccc1OCc1ccc(F)c(C#N)c1. The first-order valence-electron chi connectivity index (χ1n) is 6.07. The number of nitrogens with zero attached hydrogens (tertiary/aromatic N) is 2. The number of hydrogen-bond donors (Lipinski definition) is 0. The molecule has 0 saturated heterocycles. The predicted octanol–water partition coefficient (Wildman–Crippen LogP) is 3.49. The third-order valence-electron chi connectivity index (χ3n) is 2.91. The van der Waals surface area contributed by atoms with E-state index in [1.54, 1.807) is 13.0 Å². The van der Waals surface area contributed by atoms with E-state index in [-0.39, 0.29) is 17.9 Å². The summed E-state index contributed by atoms with van der Waals surface area (Å²) in [7, 11) is 0. The van der Waals surface area contributed by atoms with Gasteiger partial charge in [-0.05, 0) is 36.2 Å². The van der Waals surface area contributed by atoms with Crippen LogP contribution in [-0.2, 0) is 6.61 Å². The molecule has 6 heteroatoms.